The highest BCUT2D eigenvalue weighted by Gasteiger charge is 2.32. The van der Waals surface area contributed by atoms with Gasteiger partial charge in [0.15, 0.2) is 0 Å². The molecule has 0 radical (unpaired) electrons. The van der Waals surface area contributed by atoms with Gasteiger partial charge >= 0.3 is 0 Å². The van der Waals surface area contributed by atoms with Crippen LogP contribution < -0.4 is 4.90 Å². The lowest BCUT2D eigenvalue weighted by Crippen LogP contribution is -2.48. The molecular weight excluding hydrogens is 422 g/mol. The van der Waals surface area contributed by atoms with Gasteiger partial charge in [0.25, 0.3) is 0 Å². The van der Waals surface area contributed by atoms with Gasteiger partial charge in [-0.2, -0.15) is 0 Å². The maximum absolute atomic E-state index is 11.3. The van der Waals surface area contributed by atoms with Crippen molar-refractivity contribution in [3.8, 4) is 5.75 Å². The zero-order valence-electron chi connectivity index (χ0n) is 22.5. The lowest BCUT2D eigenvalue weighted by Gasteiger charge is -2.40. The van der Waals surface area contributed by atoms with Crippen LogP contribution in [0.4, 0.5) is 5.69 Å². The van der Waals surface area contributed by atoms with E-state index in [1.54, 1.807) is 0 Å². The van der Waals surface area contributed by atoms with Crippen molar-refractivity contribution in [2.24, 2.45) is 0 Å². The number of hydrogen-bond acceptors (Lipinski definition) is 5. The number of aliphatic hydroxyl groups is 1. The van der Waals surface area contributed by atoms with Gasteiger partial charge in [-0.3, -0.25) is 9.80 Å². The van der Waals surface area contributed by atoms with Gasteiger partial charge in [-0.05, 0) is 57.3 Å². The van der Waals surface area contributed by atoms with Gasteiger partial charge in [-0.15, -0.1) is 0 Å². The molecule has 2 aromatic rings. The van der Waals surface area contributed by atoms with E-state index in [-0.39, 0.29) is 23.5 Å². The standard InChI is InChI=1S/C29H45N3O2/c1-28(2,3)24-19-22(20-25(27(24)34)29(4,5)6)26(21-9-11-23(12-10-21)30(7)8)32-15-13-31(14-16-32)17-18-33/h9-12,19-20,26,33-34H,13-18H2,1-8H3. The highest BCUT2D eigenvalue weighted by molar-refractivity contribution is 5.53. The van der Waals surface area contributed by atoms with Crippen molar-refractivity contribution in [2.45, 2.75) is 58.4 Å². The molecule has 0 bridgehead atoms. The van der Waals surface area contributed by atoms with E-state index < -0.39 is 0 Å². The second kappa shape index (κ2) is 10.3. The minimum Gasteiger partial charge on any atom is -0.507 e. The summed E-state index contributed by atoms with van der Waals surface area (Å²) in [6.45, 7) is 17.8. The third-order valence-corrected chi connectivity index (χ3v) is 6.98. The first-order chi connectivity index (χ1) is 15.8. The lowest BCUT2D eigenvalue weighted by molar-refractivity contribution is 0.0944. The fourth-order valence-electron chi connectivity index (χ4n) is 4.91. The van der Waals surface area contributed by atoms with Gasteiger partial charge in [-0.25, -0.2) is 0 Å². The average Bonchev–Trinajstić information content (AvgIpc) is 2.75. The predicted octanol–water partition coefficient (Wildman–Crippen LogP) is 4.75. The molecule has 0 aromatic heterocycles. The Morgan fingerprint density at radius 3 is 1.74 bits per heavy atom. The first-order valence-corrected chi connectivity index (χ1v) is 12.6. The van der Waals surface area contributed by atoms with Gasteiger partial charge < -0.3 is 15.1 Å². The lowest BCUT2D eigenvalue weighted by atomic mass is 9.77. The van der Waals surface area contributed by atoms with Gasteiger partial charge in [0, 0.05) is 52.5 Å². The number of rotatable bonds is 6. The van der Waals surface area contributed by atoms with E-state index in [4.69, 9.17) is 0 Å². The molecule has 1 aliphatic heterocycles. The molecule has 0 aliphatic carbocycles. The number of piperazine rings is 1. The number of anilines is 1. The molecule has 1 heterocycles. The Morgan fingerprint density at radius 1 is 0.824 bits per heavy atom. The first kappa shape index (κ1) is 26.5. The van der Waals surface area contributed by atoms with Gasteiger partial charge in [0.1, 0.15) is 5.75 Å². The molecule has 2 aromatic carbocycles. The van der Waals surface area contributed by atoms with Crippen molar-refractivity contribution < 1.29 is 10.2 Å². The van der Waals surface area contributed by atoms with Crippen LogP contribution in [-0.2, 0) is 10.8 Å². The van der Waals surface area contributed by atoms with E-state index in [0.717, 1.165) is 43.9 Å². The van der Waals surface area contributed by atoms with Crippen LogP contribution in [0.15, 0.2) is 36.4 Å². The van der Waals surface area contributed by atoms with E-state index in [9.17, 15) is 10.2 Å². The fourth-order valence-corrected chi connectivity index (χ4v) is 4.91. The summed E-state index contributed by atoms with van der Waals surface area (Å²) >= 11 is 0. The Hall–Kier alpha value is -2.08. The van der Waals surface area contributed by atoms with Crippen LogP contribution in [0, 0.1) is 0 Å². The molecule has 1 unspecified atom stereocenters. The van der Waals surface area contributed by atoms with Gasteiger partial charge in [-0.1, -0.05) is 53.7 Å². The second-order valence-electron chi connectivity index (χ2n) is 12.0. The maximum atomic E-state index is 11.3. The summed E-state index contributed by atoms with van der Waals surface area (Å²) in [5.74, 6) is 0.429. The Labute approximate surface area is 207 Å². The molecule has 5 nitrogen and oxygen atoms in total. The Kier molecular flexibility index (Phi) is 8.01. The summed E-state index contributed by atoms with van der Waals surface area (Å²) in [6, 6.07) is 13.5. The van der Waals surface area contributed by atoms with Crippen LogP contribution in [-0.4, -0.2) is 73.4 Å². The molecule has 1 fully saturated rings. The molecule has 0 amide bonds. The number of nitrogens with zero attached hydrogens (tertiary/aromatic N) is 3. The molecule has 1 aliphatic rings. The van der Waals surface area contributed by atoms with Crippen LogP contribution in [0.3, 0.4) is 0 Å². The molecule has 5 heteroatoms. The quantitative estimate of drug-likeness (QED) is 0.642. The fraction of sp³-hybridized carbons (Fsp3) is 0.586. The molecule has 1 saturated heterocycles. The zero-order chi connectivity index (χ0) is 25.3. The molecule has 34 heavy (non-hydrogen) atoms. The maximum Gasteiger partial charge on any atom is 0.123 e. The number of phenolic OH excluding ortho intramolecular Hbond substituents is 1. The number of β-amino-alcohol motifs (C(OH)–C–C–N with tert-alkyl or cyclic N) is 1. The highest BCUT2D eigenvalue weighted by atomic mass is 16.3. The Balaban J connectivity index is 2.14. The molecule has 3 rings (SSSR count). The SMILES string of the molecule is CN(C)c1ccc(C(c2cc(C(C)(C)C)c(O)c(C(C)(C)C)c2)N2CCN(CCO)CC2)cc1. The van der Waals surface area contributed by atoms with Crippen molar-refractivity contribution in [1.82, 2.24) is 9.80 Å². The molecule has 188 valence electrons. The van der Waals surface area contributed by atoms with E-state index in [1.807, 2.05) is 0 Å². The van der Waals surface area contributed by atoms with Crippen LogP contribution in [0.1, 0.15) is 69.8 Å². The van der Waals surface area contributed by atoms with Crippen molar-refractivity contribution in [2.75, 3.05) is 58.3 Å². The van der Waals surface area contributed by atoms with Crippen molar-refractivity contribution in [3.05, 3.63) is 58.7 Å². The summed E-state index contributed by atoms with van der Waals surface area (Å²) in [7, 11) is 4.14. The number of aliphatic hydroxyl groups excluding tert-OH is 1. The summed E-state index contributed by atoms with van der Waals surface area (Å²) in [6.07, 6.45) is 0. The number of phenols is 1. The van der Waals surface area contributed by atoms with Crippen LogP contribution >= 0.6 is 0 Å². The largest absolute Gasteiger partial charge is 0.507 e. The summed E-state index contributed by atoms with van der Waals surface area (Å²) in [5.41, 5.74) is 5.37. The van der Waals surface area contributed by atoms with E-state index in [1.165, 1.54) is 16.8 Å². The second-order valence-corrected chi connectivity index (χ2v) is 12.0. The van der Waals surface area contributed by atoms with Crippen LogP contribution in [0.2, 0.25) is 0 Å². The summed E-state index contributed by atoms with van der Waals surface area (Å²) in [5, 5.41) is 20.7. The summed E-state index contributed by atoms with van der Waals surface area (Å²) in [4.78, 5) is 7.02. The van der Waals surface area contributed by atoms with E-state index in [2.05, 4.69) is 107 Å². The molecule has 0 spiro atoms. The number of aromatic hydroxyl groups is 1. The topological polar surface area (TPSA) is 50.2 Å². The van der Waals surface area contributed by atoms with Crippen LogP contribution in [0.5, 0.6) is 5.75 Å². The minimum absolute atomic E-state index is 0.107. The number of benzene rings is 2. The normalized spacial score (nSPS) is 17.1. The van der Waals surface area contributed by atoms with Gasteiger partial charge in [0.2, 0.25) is 0 Å². The van der Waals surface area contributed by atoms with E-state index in [0.29, 0.717) is 5.75 Å². The predicted molar refractivity (Wildman–Crippen MR) is 143 cm³/mol. The average molecular weight is 468 g/mol. The van der Waals surface area contributed by atoms with Crippen molar-refractivity contribution in [3.63, 3.8) is 0 Å². The summed E-state index contributed by atoms with van der Waals surface area (Å²) < 4.78 is 0. The zero-order valence-corrected chi connectivity index (χ0v) is 22.5. The third kappa shape index (κ3) is 5.94. The van der Waals surface area contributed by atoms with Crippen LogP contribution in [0.25, 0.3) is 0 Å². The molecule has 1 atom stereocenters. The highest BCUT2D eigenvalue weighted by Crippen LogP contribution is 2.43. The molecule has 2 N–H and O–H groups in total. The smallest absolute Gasteiger partial charge is 0.123 e. The molecular formula is C29H45N3O2. The third-order valence-electron chi connectivity index (χ3n) is 6.98. The van der Waals surface area contributed by atoms with E-state index >= 15 is 0 Å². The molecule has 0 saturated carbocycles. The minimum atomic E-state index is -0.167. The number of hydrogen-bond donors (Lipinski definition) is 2. The van der Waals surface area contributed by atoms with Gasteiger partial charge in [0.05, 0.1) is 12.6 Å². The Morgan fingerprint density at radius 2 is 1.32 bits per heavy atom. The van der Waals surface area contributed by atoms with Crippen molar-refractivity contribution >= 4 is 5.69 Å². The first-order valence-electron chi connectivity index (χ1n) is 12.6. The van der Waals surface area contributed by atoms with Crippen molar-refractivity contribution in [1.29, 1.82) is 0 Å². The Bertz CT molecular complexity index is 912. The monoisotopic (exact) mass is 467 g/mol.